The summed E-state index contributed by atoms with van der Waals surface area (Å²) in [4.78, 5) is 27.0. The highest BCUT2D eigenvalue weighted by atomic mass is 16.6. The first-order chi connectivity index (χ1) is 11.7. The van der Waals surface area contributed by atoms with Crippen LogP contribution in [0.3, 0.4) is 0 Å². The molecule has 1 N–H and O–H groups in total. The van der Waals surface area contributed by atoms with Gasteiger partial charge in [0, 0.05) is 24.0 Å². The summed E-state index contributed by atoms with van der Waals surface area (Å²) in [6.07, 6.45) is 4.34. The highest BCUT2D eigenvalue weighted by Gasteiger charge is 2.76. The van der Waals surface area contributed by atoms with Gasteiger partial charge in [0.15, 0.2) is 0 Å². The zero-order chi connectivity index (χ0) is 18.2. The zero-order valence-corrected chi connectivity index (χ0v) is 15.7. The van der Waals surface area contributed by atoms with E-state index in [0.717, 1.165) is 31.3 Å². The van der Waals surface area contributed by atoms with Gasteiger partial charge in [-0.05, 0) is 37.2 Å². The Bertz CT molecular complexity index is 673. The van der Waals surface area contributed by atoms with Crippen molar-refractivity contribution in [2.45, 2.75) is 71.2 Å². The highest BCUT2D eigenvalue weighted by Crippen LogP contribution is 2.68. The number of fused-ring (bicyclic) bond motifs is 2. The fourth-order valence-electron chi connectivity index (χ4n) is 6.24. The van der Waals surface area contributed by atoms with E-state index < -0.39 is 17.1 Å². The third-order valence-electron chi connectivity index (χ3n) is 7.53. The Morgan fingerprint density at radius 1 is 1.40 bits per heavy atom. The van der Waals surface area contributed by atoms with Gasteiger partial charge in [-0.25, -0.2) is 0 Å². The molecule has 5 heteroatoms. The topological polar surface area (TPSA) is 70.1 Å². The summed E-state index contributed by atoms with van der Waals surface area (Å²) >= 11 is 0. The highest BCUT2D eigenvalue weighted by molar-refractivity contribution is 5.91. The lowest BCUT2D eigenvalue weighted by Crippen LogP contribution is -2.63. The van der Waals surface area contributed by atoms with Crippen molar-refractivity contribution in [3.8, 4) is 0 Å². The van der Waals surface area contributed by atoms with E-state index in [1.54, 1.807) is 13.0 Å². The van der Waals surface area contributed by atoms with E-state index in [1.165, 1.54) is 0 Å². The van der Waals surface area contributed by atoms with Crippen molar-refractivity contribution >= 4 is 11.7 Å². The maximum absolute atomic E-state index is 12.7. The predicted molar refractivity (Wildman–Crippen MR) is 92.8 cm³/mol. The number of ketones is 1. The molecule has 3 fully saturated rings. The monoisotopic (exact) mass is 347 g/mol. The van der Waals surface area contributed by atoms with Crippen molar-refractivity contribution in [1.29, 1.82) is 0 Å². The molecule has 4 rings (SSSR count). The van der Waals surface area contributed by atoms with Crippen LogP contribution in [0.2, 0.25) is 0 Å². The molecule has 0 bridgehead atoms. The van der Waals surface area contributed by atoms with Gasteiger partial charge in [0.25, 0.3) is 0 Å². The molecule has 6 atom stereocenters. The molecule has 1 amide bonds. The van der Waals surface area contributed by atoms with E-state index in [1.807, 2.05) is 11.8 Å². The van der Waals surface area contributed by atoms with E-state index in [4.69, 9.17) is 4.74 Å². The lowest BCUT2D eigenvalue weighted by molar-refractivity contribution is -0.147. The third kappa shape index (κ3) is 2.02. The molecule has 2 aliphatic heterocycles. The Morgan fingerprint density at radius 2 is 2.12 bits per heavy atom. The van der Waals surface area contributed by atoms with Crippen LogP contribution in [0.5, 0.6) is 0 Å². The van der Waals surface area contributed by atoms with Gasteiger partial charge in [0.05, 0.1) is 12.6 Å². The van der Waals surface area contributed by atoms with E-state index >= 15 is 0 Å². The van der Waals surface area contributed by atoms with Crippen LogP contribution in [0, 0.1) is 16.7 Å². The number of Topliss-reactive ketones (excluding diaryl/α,β-unsaturated/α-hetero) is 1. The minimum Gasteiger partial charge on any atom is -0.390 e. The van der Waals surface area contributed by atoms with Crippen LogP contribution >= 0.6 is 0 Å². The number of rotatable bonds is 3. The summed E-state index contributed by atoms with van der Waals surface area (Å²) in [6, 6.07) is 0. The minimum absolute atomic E-state index is 0.0446. The van der Waals surface area contributed by atoms with Crippen molar-refractivity contribution in [3.05, 3.63) is 11.6 Å². The van der Waals surface area contributed by atoms with E-state index in [0.29, 0.717) is 13.1 Å². The fourth-order valence-corrected chi connectivity index (χ4v) is 6.24. The van der Waals surface area contributed by atoms with Gasteiger partial charge in [-0.3, -0.25) is 9.59 Å². The Morgan fingerprint density at radius 3 is 2.76 bits per heavy atom. The predicted octanol–water partition coefficient (Wildman–Crippen LogP) is 2.08. The second kappa shape index (κ2) is 5.17. The number of amides is 1. The summed E-state index contributed by atoms with van der Waals surface area (Å²) in [6.45, 7) is 9.06. The fraction of sp³-hybridized carbons (Fsp3) is 0.800. The first kappa shape index (κ1) is 17.2. The summed E-state index contributed by atoms with van der Waals surface area (Å²) in [5.41, 5.74) is -0.415. The Balaban J connectivity index is 1.82. The van der Waals surface area contributed by atoms with Gasteiger partial charge >= 0.3 is 0 Å². The average Bonchev–Trinajstić information content (AvgIpc) is 3.25. The molecule has 0 aromatic heterocycles. The van der Waals surface area contributed by atoms with Gasteiger partial charge in [0.2, 0.25) is 5.91 Å². The largest absolute Gasteiger partial charge is 0.390 e. The first-order valence-corrected chi connectivity index (χ1v) is 9.59. The number of hydrogen-bond acceptors (Lipinski definition) is 4. The molecular weight excluding hydrogens is 318 g/mol. The molecule has 138 valence electrons. The minimum atomic E-state index is -0.659. The number of aliphatic hydroxyl groups is 1. The molecule has 5 nitrogen and oxygen atoms in total. The molecule has 1 saturated heterocycles. The second-order valence-electron chi connectivity index (χ2n) is 8.96. The summed E-state index contributed by atoms with van der Waals surface area (Å²) < 4.78 is 6.11. The van der Waals surface area contributed by atoms with Gasteiger partial charge in [-0.15, -0.1) is 0 Å². The number of nitrogens with zero attached hydrogens (tertiary/aromatic N) is 1. The normalized spacial score (nSPS) is 48.2. The summed E-state index contributed by atoms with van der Waals surface area (Å²) in [5, 5.41) is 11.2. The van der Waals surface area contributed by atoms with Gasteiger partial charge < -0.3 is 14.7 Å². The van der Waals surface area contributed by atoms with Crippen LogP contribution < -0.4 is 0 Å². The Hall–Kier alpha value is -1.20. The van der Waals surface area contributed by atoms with Crippen LogP contribution in [0.15, 0.2) is 11.6 Å². The van der Waals surface area contributed by atoms with E-state index in [-0.39, 0.29) is 29.1 Å². The van der Waals surface area contributed by atoms with Gasteiger partial charge in [-0.1, -0.05) is 27.2 Å². The van der Waals surface area contributed by atoms with Gasteiger partial charge in [-0.2, -0.15) is 0 Å². The molecule has 0 unspecified atom stereocenters. The van der Waals surface area contributed by atoms with Crippen molar-refractivity contribution in [2.24, 2.45) is 16.7 Å². The molecule has 1 spiro atoms. The van der Waals surface area contributed by atoms with Crippen LogP contribution in [-0.2, 0) is 14.3 Å². The lowest BCUT2D eigenvalue weighted by Gasteiger charge is -2.57. The third-order valence-corrected chi connectivity index (χ3v) is 7.53. The maximum Gasteiger partial charge on any atom is 0.246 e. The average molecular weight is 347 g/mol. The number of aliphatic hydroxyl groups excluding tert-OH is 1. The zero-order valence-electron chi connectivity index (χ0n) is 15.7. The summed E-state index contributed by atoms with van der Waals surface area (Å²) in [7, 11) is 0. The molecule has 0 radical (unpaired) electrons. The van der Waals surface area contributed by atoms with Crippen LogP contribution in [0.25, 0.3) is 0 Å². The Labute approximate surface area is 149 Å². The summed E-state index contributed by atoms with van der Waals surface area (Å²) in [5.74, 6) is -0.0159. The van der Waals surface area contributed by atoms with Gasteiger partial charge in [0.1, 0.15) is 17.5 Å². The van der Waals surface area contributed by atoms with Crippen molar-refractivity contribution in [3.63, 3.8) is 0 Å². The number of hydrogen-bond donors (Lipinski definition) is 1. The molecule has 2 heterocycles. The number of carbonyl (C=O) groups is 2. The van der Waals surface area contributed by atoms with Crippen LogP contribution in [0.4, 0.5) is 0 Å². The number of carbonyl (C=O) groups excluding carboxylic acids is 2. The molecule has 25 heavy (non-hydrogen) atoms. The van der Waals surface area contributed by atoms with Crippen molar-refractivity contribution < 1.29 is 19.4 Å². The molecule has 2 saturated carbocycles. The molecular formula is C20H29NO4. The lowest BCUT2D eigenvalue weighted by atomic mass is 9.46. The van der Waals surface area contributed by atoms with E-state index in [9.17, 15) is 14.7 Å². The van der Waals surface area contributed by atoms with E-state index in [2.05, 4.69) is 13.8 Å². The van der Waals surface area contributed by atoms with Crippen LogP contribution in [0.1, 0.15) is 53.4 Å². The molecule has 0 aromatic carbocycles. The quantitative estimate of drug-likeness (QED) is 0.794. The number of ether oxygens (including phenoxy) is 1. The SMILES string of the molecule is CCCN1C[C@@]23O[C@@H]2[C@@H](O)[C@H]2[C@@](C)(C(C)=O)CCC[C@]2(C)C3=CC1=O. The van der Waals surface area contributed by atoms with Crippen LogP contribution in [-0.4, -0.2) is 52.6 Å². The second-order valence-corrected chi connectivity index (χ2v) is 8.96. The smallest absolute Gasteiger partial charge is 0.246 e. The molecule has 0 aromatic rings. The maximum atomic E-state index is 12.7. The van der Waals surface area contributed by atoms with Crippen molar-refractivity contribution in [1.82, 2.24) is 4.90 Å². The molecule has 4 aliphatic rings. The molecule has 2 aliphatic carbocycles. The standard InChI is InChI=1S/C20H29NO4/c1-5-9-21-11-20-13(10-14(21)23)19(4)8-6-7-18(3,12(2)22)16(19)15(24)17(20)25-20/h10,15-17,24H,5-9,11H2,1-4H3/t15-,16-,17+,18+,19+,20-/m0/s1. The number of epoxide rings is 1. The Kier molecular flexibility index (Phi) is 3.56. The first-order valence-electron chi connectivity index (χ1n) is 9.59. The van der Waals surface area contributed by atoms with Crippen molar-refractivity contribution in [2.75, 3.05) is 13.1 Å².